The Kier molecular flexibility index (Phi) is 4.57. The van der Waals surface area contributed by atoms with Crippen molar-refractivity contribution in [2.45, 2.75) is 19.8 Å². The first-order chi connectivity index (χ1) is 10.0. The van der Waals surface area contributed by atoms with E-state index in [4.69, 9.17) is 0 Å². The lowest BCUT2D eigenvalue weighted by molar-refractivity contribution is -0.121. The van der Waals surface area contributed by atoms with E-state index in [2.05, 4.69) is 10.6 Å². The number of amides is 3. The number of fused-ring (bicyclic) bond motifs is 1. The average molecular weight is 289 g/mol. The molecule has 1 aromatic rings. The molecular weight excluding hydrogens is 270 g/mol. The van der Waals surface area contributed by atoms with Crippen LogP contribution in [0, 0.1) is 0 Å². The molecule has 0 saturated carbocycles. The molecule has 112 valence electrons. The SMILES string of the molecule is CCCNC(=O)CN(C)C(=O)c1ccc2c(c1)NC(=O)C2. The van der Waals surface area contributed by atoms with Crippen LogP contribution in [-0.4, -0.2) is 42.8 Å². The maximum Gasteiger partial charge on any atom is 0.254 e. The van der Waals surface area contributed by atoms with Crippen LogP contribution in [0.5, 0.6) is 0 Å². The standard InChI is InChI=1S/C15H19N3O3/c1-3-6-16-14(20)9-18(2)15(21)11-5-4-10-8-13(19)17-12(10)7-11/h4-5,7H,3,6,8-9H2,1-2H3,(H,16,20)(H,17,19). The lowest BCUT2D eigenvalue weighted by Gasteiger charge is -2.17. The zero-order valence-corrected chi connectivity index (χ0v) is 12.2. The number of rotatable bonds is 5. The summed E-state index contributed by atoms with van der Waals surface area (Å²) in [6.45, 7) is 2.59. The lowest BCUT2D eigenvalue weighted by Crippen LogP contribution is -2.38. The smallest absolute Gasteiger partial charge is 0.254 e. The van der Waals surface area contributed by atoms with Gasteiger partial charge in [0.15, 0.2) is 0 Å². The first-order valence-electron chi connectivity index (χ1n) is 6.96. The summed E-state index contributed by atoms with van der Waals surface area (Å²) in [5.41, 5.74) is 2.02. The Labute approximate surface area is 123 Å². The topological polar surface area (TPSA) is 78.5 Å². The van der Waals surface area contributed by atoms with Crippen molar-refractivity contribution in [2.24, 2.45) is 0 Å². The van der Waals surface area contributed by atoms with Crippen LogP contribution in [0.4, 0.5) is 5.69 Å². The predicted octanol–water partition coefficient (Wildman–Crippen LogP) is 0.779. The largest absolute Gasteiger partial charge is 0.355 e. The van der Waals surface area contributed by atoms with E-state index in [1.165, 1.54) is 4.90 Å². The second kappa shape index (κ2) is 6.39. The molecule has 2 N–H and O–H groups in total. The Morgan fingerprint density at radius 1 is 1.38 bits per heavy atom. The van der Waals surface area contributed by atoms with Gasteiger partial charge in [-0.3, -0.25) is 14.4 Å². The summed E-state index contributed by atoms with van der Waals surface area (Å²) in [4.78, 5) is 36.6. The van der Waals surface area contributed by atoms with Crippen molar-refractivity contribution in [1.82, 2.24) is 10.2 Å². The maximum atomic E-state index is 12.3. The average Bonchev–Trinajstić information content (AvgIpc) is 2.83. The van der Waals surface area contributed by atoms with Crippen LogP contribution >= 0.6 is 0 Å². The molecule has 6 nitrogen and oxygen atoms in total. The fourth-order valence-electron chi connectivity index (χ4n) is 2.18. The summed E-state index contributed by atoms with van der Waals surface area (Å²) in [5.74, 6) is -0.491. The molecule has 1 aliphatic heterocycles. The number of carbonyl (C=O) groups is 3. The Bertz CT molecular complexity index is 584. The van der Waals surface area contributed by atoms with Crippen molar-refractivity contribution in [3.05, 3.63) is 29.3 Å². The molecule has 0 fully saturated rings. The number of carbonyl (C=O) groups excluding carboxylic acids is 3. The highest BCUT2D eigenvalue weighted by molar-refractivity contribution is 6.02. The molecule has 0 aliphatic carbocycles. The molecule has 1 heterocycles. The number of likely N-dealkylation sites (N-methyl/N-ethyl adjacent to an activating group) is 1. The molecule has 0 unspecified atom stereocenters. The molecule has 2 rings (SSSR count). The summed E-state index contributed by atoms with van der Waals surface area (Å²) in [6.07, 6.45) is 1.20. The van der Waals surface area contributed by atoms with Crippen LogP contribution in [0.15, 0.2) is 18.2 Å². The number of nitrogens with one attached hydrogen (secondary N) is 2. The molecule has 0 bridgehead atoms. The van der Waals surface area contributed by atoms with Gasteiger partial charge in [0.25, 0.3) is 5.91 Å². The number of benzene rings is 1. The third kappa shape index (κ3) is 3.59. The highest BCUT2D eigenvalue weighted by Gasteiger charge is 2.21. The van der Waals surface area contributed by atoms with Crippen molar-refractivity contribution in [1.29, 1.82) is 0 Å². The van der Waals surface area contributed by atoms with E-state index in [0.29, 0.717) is 24.2 Å². The van der Waals surface area contributed by atoms with Crippen molar-refractivity contribution < 1.29 is 14.4 Å². The molecule has 0 radical (unpaired) electrons. The Balaban J connectivity index is 2.01. The molecule has 0 spiro atoms. The van der Waals surface area contributed by atoms with Gasteiger partial charge in [0, 0.05) is 24.8 Å². The third-order valence-corrected chi connectivity index (χ3v) is 3.28. The number of anilines is 1. The Morgan fingerprint density at radius 2 is 2.14 bits per heavy atom. The van der Waals surface area contributed by atoms with Gasteiger partial charge >= 0.3 is 0 Å². The van der Waals surface area contributed by atoms with E-state index in [-0.39, 0.29) is 24.3 Å². The molecule has 1 aromatic carbocycles. The third-order valence-electron chi connectivity index (χ3n) is 3.28. The molecule has 0 saturated heterocycles. The lowest BCUT2D eigenvalue weighted by atomic mass is 10.1. The minimum atomic E-state index is -0.245. The van der Waals surface area contributed by atoms with Crippen molar-refractivity contribution in [3.8, 4) is 0 Å². The Morgan fingerprint density at radius 3 is 2.86 bits per heavy atom. The first-order valence-corrected chi connectivity index (χ1v) is 6.96. The normalized spacial score (nSPS) is 12.6. The summed E-state index contributed by atoms with van der Waals surface area (Å²) >= 11 is 0. The molecule has 3 amide bonds. The van der Waals surface area contributed by atoms with Gasteiger partial charge in [0.1, 0.15) is 0 Å². The minimum absolute atomic E-state index is 0.0161. The quantitative estimate of drug-likeness (QED) is 0.840. The van der Waals surface area contributed by atoms with Gasteiger partial charge < -0.3 is 15.5 Å². The van der Waals surface area contributed by atoms with Crippen LogP contribution in [0.2, 0.25) is 0 Å². The van der Waals surface area contributed by atoms with Crippen LogP contribution in [0.3, 0.4) is 0 Å². The van der Waals surface area contributed by atoms with Crippen molar-refractivity contribution in [2.75, 3.05) is 25.5 Å². The van der Waals surface area contributed by atoms with E-state index in [1.54, 1.807) is 25.2 Å². The molecule has 1 aliphatic rings. The number of nitrogens with zero attached hydrogens (tertiary/aromatic N) is 1. The van der Waals surface area contributed by atoms with Gasteiger partial charge in [-0.1, -0.05) is 13.0 Å². The molecular formula is C15H19N3O3. The maximum absolute atomic E-state index is 12.3. The van der Waals surface area contributed by atoms with Crippen molar-refractivity contribution in [3.63, 3.8) is 0 Å². The summed E-state index contributed by atoms with van der Waals surface area (Å²) < 4.78 is 0. The molecule has 21 heavy (non-hydrogen) atoms. The predicted molar refractivity (Wildman–Crippen MR) is 79.0 cm³/mol. The van der Waals surface area contributed by atoms with Gasteiger partial charge in [0.2, 0.25) is 11.8 Å². The summed E-state index contributed by atoms with van der Waals surface area (Å²) in [6, 6.07) is 5.11. The van der Waals surface area contributed by atoms with Crippen LogP contribution in [-0.2, 0) is 16.0 Å². The minimum Gasteiger partial charge on any atom is -0.355 e. The van der Waals surface area contributed by atoms with E-state index < -0.39 is 0 Å². The highest BCUT2D eigenvalue weighted by atomic mass is 16.2. The zero-order chi connectivity index (χ0) is 15.4. The van der Waals surface area contributed by atoms with Gasteiger partial charge in [-0.25, -0.2) is 0 Å². The van der Waals surface area contributed by atoms with Gasteiger partial charge in [-0.2, -0.15) is 0 Å². The highest BCUT2D eigenvalue weighted by Crippen LogP contribution is 2.24. The fraction of sp³-hybridized carbons (Fsp3) is 0.400. The second-order valence-corrected chi connectivity index (χ2v) is 5.11. The number of hydrogen-bond donors (Lipinski definition) is 2. The van der Waals surface area contributed by atoms with Gasteiger partial charge in [-0.15, -0.1) is 0 Å². The molecule has 0 atom stereocenters. The second-order valence-electron chi connectivity index (χ2n) is 5.11. The van der Waals surface area contributed by atoms with Crippen LogP contribution in [0.25, 0.3) is 0 Å². The van der Waals surface area contributed by atoms with Gasteiger partial charge in [-0.05, 0) is 24.1 Å². The number of hydrogen-bond acceptors (Lipinski definition) is 3. The zero-order valence-electron chi connectivity index (χ0n) is 12.2. The first kappa shape index (κ1) is 15.0. The van der Waals surface area contributed by atoms with E-state index in [9.17, 15) is 14.4 Å². The van der Waals surface area contributed by atoms with Crippen LogP contribution < -0.4 is 10.6 Å². The van der Waals surface area contributed by atoms with E-state index >= 15 is 0 Å². The fourth-order valence-corrected chi connectivity index (χ4v) is 2.18. The Hall–Kier alpha value is -2.37. The van der Waals surface area contributed by atoms with E-state index in [1.807, 2.05) is 6.92 Å². The van der Waals surface area contributed by atoms with Gasteiger partial charge in [0.05, 0.1) is 13.0 Å². The van der Waals surface area contributed by atoms with Crippen molar-refractivity contribution >= 4 is 23.4 Å². The van der Waals surface area contributed by atoms with Crippen LogP contribution in [0.1, 0.15) is 29.3 Å². The summed E-state index contributed by atoms with van der Waals surface area (Å²) in [7, 11) is 1.58. The summed E-state index contributed by atoms with van der Waals surface area (Å²) in [5, 5.41) is 5.44. The molecule has 0 aromatic heterocycles. The van der Waals surface area contributed by atoms with E-state index in [0.717, 1.165) is 12.0 Å². The molecule has 6 heteroatoms. The monoisotopic (exact) mass is 289 g/mol.